The summed E-state index contributed by atoms with van der Waals surface area (Å²) in [5.41, 5.74) is -2.49. The van der Waals surface area contributed by atoms with Crippen LogP contribution < -0.4 is 10.9 Å². The summed E-state index contributed by atoms with van der Waals surface area (Å²) in [4.78, 5) is 22.7. The number of halogens is 4. The Balaban J connectivity index is 1.70. The molecule has 3 aromatic rings. The summed E-state index contributed by atoms with van der Waals surface area (Å²) < 4.78 is 67.9. The summed E-state index contributed by atoms with van der Waals surface area (Å²) in [6.45, 7) is 2.81. The van der Waals surface area contributed by atoms with E-state index >= 15 is 0 Å². The number of nitrogens with one attached hydrogen (secondary N) is 1. The number of hydrogen-bond acceptors (Lipinski definition) is 6. The summed E-state index contributed by atoms with van der Waals surface area (Å²) in [5, 5.41) is 3.51. The van der Waals surface area contributed by atoms with Gasteiger partial charge in [0.2, 0.25) is 0 Å². The van der Waals surface area contributed by atoms with E-state index < -0.39 is 47.2 Å². The van der Waals surface area contributed by atoms with E-state index in [1.165, 1.54) is 30.0 Å². The molecule has 0 bridgehead atoms. The fourth-order valence-corrected chi connectivity index (χ4v) is 4.77. The van der Waals surface area contributed by atoms with E-state index in [0.29, 0.717) is 29.6 Å². The van der Waals surface area contributed by atoms with Gasteiger partial charge < -0.3 is 19.4 Å². The maximum absolute atomic E-state index is 14.8. The Bertz CT molecular complexity index is 1380. The molecule has 1 aliphatic carbocycles. The molecule has 192 valence electrons. The van der Waals surface area contributed by atoms with E-state index in [9.17, 15) is 22.4 Å². The molecular formula is C25H26F4N4O3. The summed E-state index contributed by atoms with van der Waals surface area (Å²) in [6.07, 6.45) is -0.427. The molecule has 1 N–H and O–H groups in total. The second kappa shape index (κ2) is 8.81. The standard InChI is InChI=1S/C25H26F4N4O3/c1-13(15-5-4-6-16(19(15)27)21(28)29)30-22-17-9-33(24(10-26)7-8-24)23(34)18(20(17)31-14(2)32-22)25(35-3)11-36-12-25/h4-6,9,13,21H,7-8,10-12H2,1-3H3,(H,30,31,32)/t13-/m1/s1. The Morgan fingerprint density at radius 1 is 1.22 bits per heavy atom. The van der Waals surface area contributed by atoms with Crippen molar-refractivity contribution in [2.45, 2.75) is 50.3 Å². The number of nitrogens with zero attached hydrogens (tertiary/aromatic N) is 3. The van der Waals surface area contributed by atoms with Crippen molar-refractivity contribution in [3.8, 4) is 0 Å². The topological polar surface area (TPSA) is 78.3 Å². The van der Waals surface area contributed by atoms with Gasteiger partial charge in [-0.2, -0.15) is 0 Å². The van der Waals surface area contributed by atoms with Crippen LogP contribution in [0.5, 0.6) is 0 Å². The van der Waals surface area contributed by atoms with E-state index in [4.69, 9.17) is 9.47 Å². The van der Waals surface area contributed by atoms with Gasteiger partial charge in [-0.3, -0.25) is 4.79 Å². The smallest absolute Gasteiger partial charge is 0.266 e. The fourth-order valence-electron chi connectivity index (χ4n) is 4.77. The number of aryl methyl sites for hydroxylation is 1. The van der Waals surface area contributed by atoms with Crippen molar-refractivity contribution < 1.29 is 27.0 Å². The molecule has 1 atom stereocenters. The van der Waals surface area contributed by atoms with Crippen molar-refractivity contribution in [3.05, 3.63) is 63.1 Å². The highest BCUT2D eigenvalue weighted by molar-refractivity contribution is 5.91. The Morgan fingerprint density at radius 2 is 1.92 bits per heavy atom. The molecule has 36 heavy (non-hydrogen) atoms. The SMILES string of the molecule is COC1(c2c(=O)n(C3(CF)CC3)cc3c(N[C@H](C)c4cccc(C(F)F)c4F)nc(C)nc23)COC1. The zero-order chi connectivity index (χ0) is 25.8. The van der Waals surface area contributed by atoms with Gasteiger partial charge in [0, 0.05) is 18.9 Å². The lowest BCUT2D eigenvalue weighted by Gasteiger charge is -2.40. The van der Waals surface area contributed by atoms with E-state index in [1.807, 2.05) is 0 Å². The number of ether oxygens (including phenoxy) is 2. The predicted molar refractivity (Wildman–Crippen MR) is 125 cm³/mol. The maximum Gasteiger partial charge on any atom is 0.266 e. The number of fused-ring (bicyclic) bond motifs is 1. The molecule has 3 heterocycles. The molecule has 1 saturated heterocycles. The highest BCUT2D eigenvalue weighted by atomic mass is 19.3. The number of pyridine rings is 1. The number of anilines is 1. The Hall–Kier alpha value is -3.05. The average molecular weight is 507 g/mol. The van der Waals surface area contributed by atoms with Crippen molar-refractivity contribution in [2.75, 3.05) is 32.3 Å². The van der Waals surface area contributed by atoms with Crippen molar-refractivity contribution in [1.82, 2.24) is 14.5 Å². The van der Waals surface area contributed by atoms with E-state index in [2.05, 4.69) is 15.3 Å². The van der Waals surface area contributed by atoms with Crippen LogP contribution in [0.1, 0.15) is 54.7 Å². The van der Waals surface area contributed by atoms with Gasteiger partial charge >= 0.3 is 0 Å². The van der Waals surface area contributed by atoms with Gasteiger partial charge in [0.05, 0.1) is 46.8 Å². The molecule has 2 aromatic heterocycles. The lowest BCUT2D eigenvalue weighted by Crippen LogP contribution is -2.53. The van der Waals surface area contributed by atoms with Gasteiger partial charge in [-0.15, -0.1) is 0 Å². The van der Waals surface area contributed by atoms with Gasteiger partial charge in [-0.1, -0.05) is 18.2 Å². The predicted octanol–water partition coefficient (Wildman–Crippen LogP) is 4.68. The summed E-state index contributed by atoms with van der Waals surface area (Å²) in [7, 11) is 1.47. The number of alkyl halides is 3. The Kier molecular flexibility index (Phi) is 6.03. The number of aromatic nitrogens is 3. The summed E-state index contributed by atoms with van der Waals surface area (Å²) >= 11 is 0. The molecule has 2 fully saturated rings. The Labute approximate surface area is 204 Å². The number of benzene rings is 1. The van der Waals surface area contributed by atoms with Crippen molar-refractivity contribution >= 4 is 16.7 Å². The third-order valence-electron chi connectivity index (χ3n) is 7.20. The van der Waals surface area contributed by atoms with Crippen LogP contribution in [0, 0.1) is 12.7 Å². The molecule has 2 aliphatic rings. The molecule has 0 amide bonds. The van der Waals surface area contributed by atoms with Crippen LogP contribution in [0.3, 0.4) is 0 Å². The zero-order valence-corrected chi connectivity index (χ0v) is 20.1. The number of methoxy groups -OCH3 is 1. The highest BCUT2D eigenvalue weighted by Gasteiger charge is 2.50. The third-order valence-corrected chi connectivity index (χ3v) is 7.20. The summed E-state index contributed by atoms with van der Waals surface area (Å²) in [5.74, 6) is -0.405. The fraction of sp³-hybridized carbons (Fsp3) is 0.480. The largest absolute Gasteiger partial charge is 0.375 e. The molecule has 0 radical (unpaired) electrons. The minimum absolute atomic E-state index is 0.0361. The zero-order valence-electron chi connectivity index (χ0n) is 20.1. The van der Waals surface area contributed by atoms with Gasteiger partial charge in [0.1, 0.15) is 29.7 Å². The molecule has 11 heteroatoms. The third kappa shape index (κ3) is 3.76. The molecule has 7 nitrogen and oxygen atoms in total. The number of rotatable bonds is 8. The van der Waals surface area contributed by atoms with Crippen LogP contribution in [0.2, 0.25) is 0 Å². The monoisotopic (exact) mass is 506 g/mol. The second-order valence-corrected chi connectivity index (χ2v) is 9.53. The molecule has 1 aliphatic heterocycles. The lowest BCUT2D eigenvalue weighted by atomic mass is 9.90. The van der Waals surface area contributed by atoms with Gasteiger partial charge in [-0.05, 0) is 26.7 Å². The van der Waals surface area contributed by atoms with Crippen LogP contribution >= 0.6 is 0 Å². The van der Waals surface area contributed by atoms with E-state index in [0.717, 1.165) is 6.07 Å². The first-order valence-corrected chi connectivity index (χ1v) is 11.6. The van der Waals surface area contributed by atoms with Crippen molar-refractivity contribution in [1.29, 1.82) is 0 Å². The first-order valence-electron chi connectivity index (χ1n) is 11.6. The first kappa shape index (κ1) is 24.6. The normalized spacial score (nSPS) is 18.8. The van der Waals surface area contributed by atoms with Crippen LogP contribution in [0.15, 0.2) is 29.2 Å². The Morgan fingerprint density at radius 3 is 2.47 bits per heavy atom. The van der Waals surface area contributed by atoms with Crippen molar-refractivity contribution in [3.63, 3.8) is 0 Å². The quantitative estimate of drug-likeness (QED) is 0.447. The molecule has 0 spiro atoms. The molecule has 5 rings (SSSR count). The maximum atomic E-state index is 14.8. The molecule has 1 saturated carbocycles. The first-order chi connectivity index (χ1) is 17.2. The molecule has 0 unspecified atom stereocenters. The summed E-state index contributed by atoms with van der Waals surface area (Å²) in [6, 6.07) is 3.07. The number of hydrogen-bond donors (Lipinski definition) is 1. The minimum Gasteiger partial charge on any atom is -0.375 e. The van der Waals surface area contributed by atoms with Gasteiger partial charge in [0.15, 0.2) is 0 Å². The second-order valence-electron chi connectivity index (χ2n) is 9.53. The van der Waals surface area contributed by atoms with Crippen LogP contribution in [0.25, 0.3) is 10.9 Å². The van der Waals surface area contributed by atoms with Crippen LogP contribution in [0.4, 0.5) is 23.4 Å². The van der Waals surface area contributed by atoms with Crippen LogP contribution in [-0.2, 0) is 20.6 Å². The lowest BCUT2D eigenvalue weighted by molar-refractivity contribution is -0.202. The van der Waals surface area contributed by atoms with Crippen molar-refractivity contribution in [2.24, 2.45) is 0 Å². The van der Waals surface area contributed by atoms with Crippen LogP contribution in [-0.4, -0.2) is 41.5 Å². The van der Waals surface area contributed by atoms with Gasteiger partial charge in [-0.25, -0.2) is 27.5 Å². The van der Waals surface area contributed by atoms with E-state index in [1.54, 1.807) is 13.8 Å². The highest BCUT2D eigenvalue weighted by Crippen LogP contribution is 2.45. The molecule has 1 aromatic carbocycles. The average Bonchev–Trinajstić information content (AvgIpc) is 3.61. The molecular weight excluding hydrogens is 480 g/mol. The van der Waals surface area contributed by atoms with Gasteiger partial charge in [0.25, 0.3) is 12.0 Å². The minimum atomic E-state index is -2.96. The van der Waals surface area contributed by atoms with E-state index in [-0.39, 0.29) is 30.2 Å².